The van der Waals surface area contributed by atoms with Gasteiger partial charge in [-0.3, -0.25) is 4.79 Å². The van der Waals surface area contributed by atoms with Crippen molar-refractivity contribution in [2.75, 3.05) is 12.4 Å². The van der Waals surface area contributed by atoms with Crippen molar-refractivity contribution in [3.8, 4) is 5.75 Å². The molecule has 1 aliphatic heterocycles. The minimum Gasteiger partial charge on any atom is -0.497 e. The van der Waals surface area contributed by atoms with Crippen LogP contribution >= 0.6 is 11.6 Å². The summed E-state index contributed by atoms with van der Waals surface area (Å²) in [6.45, 7) is 0.227. The van der Waals surface area contributed by atoms with Crippen LogP contribution in [0.25, 0.3) is 11.1 Å². The Bertz CT molecular complexity index is 954. The molecule has 7 heteroatoms. The van der Waals surface area contributed by atoms with Gasteiger partial charge in [0, 0.05) is 23.2 Å². The van der Waals surface area contributed by atoms with E-state index >= 15 is 0 Å². The van der Waals surface area contributed by atoms with Gasteiger partial charge in [-0.25, -0.2) is 4.98 Å². The first-order valence-corrected chi connectivity index (χ1v) is 8.26. The zero-order valence-electron chi connectivity index (χ0n) is 13.5. The molecule has 128 valence electrons. The number of anilines is 1. The highest BCUT2D eigenvalue weighted by atomic mass is 35.5. The van der Waals surface area contributed by atoms with E-state index in [0.717, 1.165) is 11.3 Å². The average molecular weight is 358 g/mol. The molecule has 2 heterocycles. The summed E-state index contributed by atoms with van der Waals surface area (Å²) in [7, 11) is 1.60. The summed E-state index contributed by atoms with van der Waals surface area (Å²) < 4.78 is 10.8. The highest BCUT2D eigenvalue weighted by molar-refractivity contribution is 6.30. The molecule has 0 spiro atoms. The zero-order valence-corrected chi connectivity index (χ0v) is 14.3. The van der Waals surface area contributed by atoms with E-state index in [0.29, 0.717) is 34.2 Å². The predicted octanol–water partition coefficient (Wildman–Crippen LogP) is 3.14. The second-order valence-electron chi connectivity index (χ2n) is 5.86. The molecule has 0 aliphatic carbocycles. The summed E-state index contributed by atoms with van der Waals surface area (Å²) in [4.78, 5) is 16.8. The van der Waals surface area contributed by atoms with Gasteiger partial charge in [0.2, 0.25) is 11.8 Å². The summed E-state index contributed by atoms with van der Waals surface area (Å²) >= 11 is 5.99. The highest BCUT2D eigenvalue weighted by Gasteiger charge is 2.26. The fraction of sp³-hybridized carbons (Fsp3) is 0.222. The molecule has 2 N–H and O–H groups in total. The Kier molecular flexibility index (Phi) is 3.97. The number of carbonyl (C=O) groups excluding carboxylic acids is 1. The van der Waals surface area contributed by atoms with Crippen LogP contribution in [0.5, 0.6) is 5.75 Å². The number of ether oxygens (including phenoxy) is 1. The molecule has 0 fully saturated rings. The van der Waals surface area contributed by atoms with Crippen molar-refractivity contribution in [3.05, 3.63) is 52.9 Å². The quantitative estimate of drug-likeness (QED) is 0.750. The zero-order chi connectivity index (χ0) is 17.4. The molecule has 0 bridgehead atoms. The Morgan fingerprint density at radius 1 is 1.40 bits per heavy atom. The maximum Gasteiger partial charge on any atom is 0.243 e. The molecule has 6 nitrogen and oxygen atoms in total. The summed E-state index contributed by atoms with van der Waals surface area (Å²) in [5, 5.41) is 6.73. The third-order valence-corrected chi connectivity index (χ3v) is 4.43. The Balaban J connectivity index is 1.41. The van der Waals surface area contributed by atoms with Gasteiger partial charge in [-0.15, -0.1) is 0 Å². The van der Waals surface area contributed by atoms with Gasteiger partial charge >= 0.3 is 0 Å². The van der Waals surface area contributed by atoms with Gasteiger partial charge in [0.1, 0.15) is 17.3 Å². The second-order valence-corrected chi connectivity index (χ2v) is 6.30. The number of aromatic nitrogens is 1. The Morgan fingerprint density at radius 2 is 2.28 bits per heavy atom. The van der Waals surface area contributed by atoms with Crippen molar-refractivity contribution in [3.63, 3.8) is 0 Å². The van der Waals surface area contributed by atoms with Crippen molar-refractivity contribution in [1.29, 1.82) is 0 Å². The van der Waals surface area contributed by atoms with Crippen molar-refractivity contribution in [1.82, 2.24) is 10.3 Å². The van der Waals surface area contributed by atoms with Crippen LogP contribution in [0.1, 0.15) is 11.5 Å². The lowest BCUT2D eigenvalue weighted by molar-refractivity contribution is -0.122. The van der Waals surface area contributed by atoms with Crippen LogP contribution in [0.3, 0.4) is 0 Å². The molecule has 4 rings (SSSR count). The van der Waals surface area contributed by atoms with Crippen LogP contribution in [-0.2, 0) is 17.8 Å². The van der Waals surface area contributed by atoms with Gasteiger partial charge in [0.05, 0.1) is 13.7 Å². The fourth-order valence-electron chi connectivity index (χ4n) is 2.93. The average Bonchev–Trinajstić information content (AvgIpc) is 3.21. The summed E-state index contributed by atoms with van der Waals surface area (Å²) in [5.41, 5.74) is 3.34. The minimum atomic E-state index is -0.321. The van der Waals surface area contributed by atoms with Gasteiger partial charge < -0.3 is 19.8 Å². The van der Waals surface area contributed by atoms with E-state index in [4.69, 9.17) is 20.8 Å². The third kappa shape index (κ3) is 3.13. The van der Waals surface area contributed by atoms with E-state index in [1.165, 1.54) is 0 Å². The van der Waals surface area contributed by atoms with E-state index in [1.807, 2.05) is 12.1 Å². The number of rotatable bonds is 4. The van der Waals surface area contributed by atoms with Crippen LogP contribution in [0.4, 0.5) is 5.69 Å². The van der Waals surface area contributed by atoms with Gasteiger partial charge in [-0.1, -0.05) is 11.6 Å². The number of carbonyl (C=O) groups is 1. The van der Waals surface area contributed by atoms with Crippen molar-refractivity contribution >= 4 is 34.3 Å². The first-order valence-electron chi connectivity index (χ1n) is 7.88. The predicted molar refractivity (Wildman–Crippen MR) is 95.0 cm³/mol. The second kappa shape index (κ2) is 6.29. The lowest BCUT2D eigenvalue weighted by atomic mass is 10.1. The number of hydrogen-bond acceptors (Lipinski definition) is 5. The van der Waals surface area contributed by atoms with Crippen LogP contribution < -0.4 is 15.4 Å². The van der Waals surface area contributed by atoms with Crippen molar-refractivity contribution in [2.45, 2.75) is 19.0 Å². The number of nitrogens with zero attached hydrogens (tertiary/aromatic N) is 1. The first kappa shape index (κ1) is 15.8. The molecule has 1 aliphatic rings. The molecule has 1 atom stereocenters. The lowest BCUT2D eigenvalue weighted by Crippen LogP contribution is -2.38. The fourth-order valence-corrected chi connectivity index (χ4v) is 3.13. The topological polar surface area (TPSA) is 76.4 Å². The molecule has 0 saturated heterocycles. The first-order chi connectivity index (χ1) is 12.1. The number of benzene rings is 2. The molecule has 2 aromatic carbocycles. The summed E-state index contributed by atoms with van der Waals surface area (Å²) in [6.07, 6.45) is 0.604. The Morgan fingerprint density at radius 3 is 3.12 bits per heavy atom. The van der Waals surface area contributed by atoms with E-state index in [2.05, 4.69) is 15.6 Å². The van der Waals surface area contributed by atoms with Crippen LogP contribution in [-0.4, -0.2) is 24.0 Å². The number of methoxy groups -OCH3 is 1. The molecule has 25 heavy (non-hydrogen) atoms. The molecule has 0 saturated carbocycles. The molecule has 1 amide bonds. The number of hydrogen-bond donors (Lipinski definition) is 2. The maximum atomic E-state index is 12.4. The van der Waals surface area contributed by atoms with Gasteiger partial charge in [0.15, 0.2) is 5.58 Å². The lowest BCUT2D eigenvalue weighted by Gasteiger charge is -2.10. The highest BCUT2D eigenvalue weighted by Crippen LogP contribution is 2.28. The van der Waals surface area contributed by atoms with Crippen LogP contribution in [0.2, 0.25) is 5.02 Å². The van der Waals surface area contributed by atoms with E-state index in [-0.39, 0.29) is 18.5 Å². The van der Waals surface area contributed by atoms with Gasteiger partial charge in [-0.05, 0) is 35.9 Å². The van der Waals surface area contributed by atoms with E-state index in [1.54, 1.807) is 31.4 Å². The monoisotopic (exact) mass is 357 g/mol. The van der Waals surface area contributed by atoms with Crippen LogP contribution in [0.15, 0.2) is 40.8 Å². The van der Waals surface area contributed by atoms with Gasteiger partial charge in [0.25, 0.3) is 0 Å². The smallest absolute Gasteiger partial charge is 0.243 e. The molecular formula is C18H16ClN3O3. The normalized spacial score (nSPS) is 15.7. The van der Waals surface area contributed by atoms with Gasteiger partial charge in [-0.2, -0.15) is 0 Å². The number of fused-ring (bicyclic) bond motifs is 2. The minimum absolute atomic E-state index is 0.104. The largest absolute Gasteiger partial charge is 0.497 e. The van der Waals surface area contributed by atoms with E-state index in [9.17, 15) is 4.79 Å². The van der Waals surface area contributed by atoms with Crippen LogP contribution in [0, 0.1) is 0 Å². The molecule has 0 unspecified atom stereocenters. The number of nitrogens with one attached hydrogen (secondary N) is 2. The number of halogens is 1. The van der Waals surface area contributed by atoms with E-state index < -0.39 is 0 Å². The molecule has 1 aromatic heterocycles. The number of oxazole rings is 1. The maximum absolute atomic E-state index is 12.4. The Hall–Kier alpha value is -2.73. The van der Waals surface area contributed by atoms with Crippen molar-refractivity contribution in [2.24, 2.45) is 0 Å². The Labute approximate surface area is 149 Å². The molecule has 0 radical (unpaired) electrons. The summed E-state index contributed by atoms with van der Waals surface area (Å²) in [5.74, 6) is 1.06. The molecular weight excluding hydrogens is 342 g/mol. The molecule has 3 aromatic rings. The number of amides is 1. The SMILES string of the molecule is COc1ccc2oc(CNC(=O)[C@@H]3Cc4cc(Cl)ccc4N3)nc2c1. The van der Waals surface area contributed by atoms with Crippen molar-refractivity contribution < 1.29 is 13.9 Å². The standard InChI is InChI=1S/C18H16ClN3O3/c1-24-12-3-5-16-14(8-12)22-17(25-16)9-20-18(23)15-7-10-6-11(19)2-4-13(10)21-15/h2-6,8,15,21H,7,9H2,1H3,(H,20,23)/t15-/m0/s1. The third-order valence-electron chi connectivity index (χ3n) is 4.19. The summed E-state index contributed by atoms with van der Waals surface area (Å²) in [6, 6.07) is 10.7.